The first-order valence-corrected chi connectivity index (χ1v) is 7.43. The van der Waals surface area contributed by atoms with Crippen LogP contribution >= 0.6 is 11.6 Å². The van der Waals surface area contributed by atoms with Crippen LogP contribution in [-0.2, 0) is 11.2 Å². The number of hydrogen-bond donors (Lipinski definition) is 1. The summed E-state index contributed by atoms with van der Waals surface area (Å²) in [7, 11) is 0. The molecule has 1 aromatic heterocycles. The molecule has 3 rings (SSSR count). The maximum absolute atomic E-state index is 11.6. The number of likely N-dealkylation sites (tertiary alicyclic amines) is 1. The van der Waals surface area contributed by atoms with E-state index in [4.69, 9.17) is 16.1 Å². The van der Waals surface area contributed by atoms with Gasteiger partial charge < -0.3 is 14.5 Å². The lowest BCUT2D eigenvalue weighted by atomic mass is 10.1. The average molecular weight is 322 g/mol. The molecule has 116 valence electrons. The Morgan fingerprint density at radius 1 is 1.45 bits per heavy atom. The predicted octanol–water partition coefficient (Wildman–Crippen LogP) is 1.97. The molecular weight excluding hydrogens is 306 g/mol. The van der Waals surface area contributed by atoms with Crippen LogP contribution in [-0.4, -0.2) is 38.7 Å². The second-order valence-corrected chi connectivity index (χ2v) is 5.87. The summed E-state index contributed by atoms with van der Waals surface area (Å²) in [5, 5.41) is 14.4. The molecule has 0 radical (unpaired) electrons. The minimum Gasteiger partial charge on any atom is -0.391 e. The fourth-order valence-corrected chi connectivity index (χ4v) is 2.78. The van der Waals surface area contributed by atoms with Gasteiger partial charge in [0.2, 0.25) is 11.8 Å². The Morgan fingerprint density at radius 2 is 2.18 bits per heavy atom. The van der Waals surface area contributed by atoms with Crippen molar-refractivity contribution in [2.45, 2.75) is 31.9 Å². The number of hydrogen-bond acceptors (Lipinski definition) is 5. The number of aromatic nitrogens is 2. The van der Waals surface area contributed by atoms with Gasteiger partial charge in [0, 0.05) is 31.3 Å². The monoisotopic (exact) mass is 321 g/mol. The number of aliphatic hydroxyl groups excluding tert-OH is 1. The number of aliphatic hydroxyl groups is 1. The normalized spacial score (nSPS) is 21.3. The van der Waals surface area contributed by atoms with E-state index in [0.29, 0.717) is 36.1 Å². The first-order valence-electron chi connectivity index (χ1n) is 7.05. The quantitative estimate of drug-likeness (QED) is 0.935. The molecule has 1 amide bonds. The third-order valence-corrected chi connectivity index (χ3v) is 3.98. The fourth-order valence-electron chi connectivity index (χ4n) is 2.66. The van der Waals surface area contributed by atoms with E-state index < -0.39 is 6.10 Å². The van der Waals surface area contributed by atoms with Gasteiger partial charge in [-0.2, -0.15) is 4.98 Å². The summed E-state index contributed by atoms with van der Waals surface area (Å²) in [6.45, 7) is 1.77. The molecule has 2 aromatic rings. The van der Waals surface area contributed by atoms with Crippen LogP contribution in [0.4, 0.5) is 0 Å². The SMILES string of the molecule is CC(=O)N1C[C@@H](O)C[C@@H]1c1nc(Cc2ccc(Cl)cc2)no1. The highest BCUT2D eigenvalue weighted by atomic mass is 35.5. The minimum atomic E-state index is -0.555. The number of amides is 1. The highest BCUT2D eigenvalue weighted by Gasteiger charge is 2.37. The number of carbonyl (C=O) groups excluding carboxylic acids is 1. The fraction of sp³-hybridized carbons (Fsp3) is 0.400. The summed E-state index contributed by atoms with van der Waals surface area (Å²) in [6, 6.07) is 7.07. The summed E-state index contributed by atoms with van der Waals surface area (Å²) in [5.41, 5.74) is 1.02. The van der Waals surface area contributed by atoms with Crippen LogP contribution in [0.15, 0.2) is 28.8 Å². The Bertz CT molecular complexity index is 671. The Hall–Kier alpha value is -1.92. The van der Waals surface area contributed by atoms with Crippen molar-refractivity contribution in [1.82, 2.24) is 15.0 Å². The van der Waals surface area contributed by atoms with Gasteiger partial charge >= 0.3 is 0 Å². The molecule has 0 unspecified atom stereocenters. The van der Waals surface area contributed by atoms with E-state index in [0.717, 1.165) is 5.56 Å². The smallest absolute Gasteiger partial charge is 0.249 e. The van der Waals surface area contributed by atoms with Crippen molar-refractivity contribution in [3.05, 3.63) is 46.6 Å². The van der Waals surface area contributed by atoms with Gasteiger partial charge in [-0.05, 0) is 17.7 Å². The van der Waals surface area contributed by atoms with Crippen LogP contribution < -0.4 is 0 Å². The summed E-state index contributed by atoms with van der Waals surface area (Å²) < 4.78 is 5.28. The Kier molecular flexibility index (Phi) is 4.13. The van der Waals surface area contributed by atoms with Crippen LogP contribution in [0.3, 0.4) is 0 Å². The molecule has 6 nitrogen and oxygen atoms in total. The van der Waals surface area contributed by atoms with E-state index >= 15 is 0 Å². The van der Waals surface area contributed by atoms with Gasteiger partial charge in [0.1, 0.15) is 6.04 Å². The largest absolute Gasteiger partial charge is 0.391 e. The van der Waals surface area contributed by atoms with Crippen molar-refractivity contribution in [2.75, 3.05) is 6.54 Å². The van der Waals surface area contributed by atoms with Crippen LogP contribution in [0, 0.1) is 0 Å². The van der Waals surface area contributed by atoms with Gasteiger partial charge in [-0.1, -0.05) is 28.9 Å². The molecule has 0 aliphatic carbocycles. The third kappa shape index (κ3) is 3.13. The van der Waals surface area contributed by atoms with E-state index in [1.165, 1.54) is 6.92 Å². The second-order valence-electron chi connectivity index (χ2n) is 5.43. The maximum atomic E-state index is 11.6. The molecule has 2 atom stereocenters. The summed E-state index contributed by atoms with van der Waals surface area (Å²) in [4.78, 5) is 17.5. The van der Waals surface area contributed by atoms with Crippen molar-refractivity contribution in [2.24, 2.45) is 0 Å². The molecular formula is C15H16ClN3O3. The molecule has 22 heavy (non-hydrogen) atoms. The number of carbonyl (C=O) groups is 1. The molecule has 0 bridgehead atoms. The first-order chi connectivity index (χ1) is 10.5. The van der Waals surface area contributed by atoms with Crippen molar-refractivity contribution in [1.29, 1.82) is 0 Å². The summed E-state index contributed by atoms with van der Waals surface area (Å²) in [5.74, 6) is 0.803. The summed E-state index contributed by atoms with van der Waals surface area (Å²) >= 11 is 5.85. The van der Waals surface area contributed by atoms with Gasteiger partial charge in [0.05, 0.1) is 6.10 Å². The number of β-amino-alcohol motifs (C(OH)–C–C–N with tert-alkyl or cyclic N) is 1. The molecule has 1 fully saturated rings. The van der Waals surface area contributed by atoms with Crippen molar-refractivity contribution in [3.8, 4) is 0 Å². The molecule has 0 saturated carbocycles. The number of benzene rings is 1. The highest BCUT2D eigenvalue weighted by molar-refractivity contribution is 6.30. The van der Waals surface area contributed by atoms with Gasteiger partial charge in [-0.15, -0.1) is 0 Å². The van der Waals surface area contributed by atoms with Crippen molar-refractivity contribution >= 4 is 17.5 Å². The Balaban J connectivity index is 1.75. The maximum Gasteiger partial charge on any atom is 0.249 e. The predicted molar refractivity (Wildman–Crippen MR) is 79.3 cm³/mol. The van der Waals surface area contributed by atoms with Crippen molar-refractivity contribution in [3.63, 3.8) is 0 Å². The first kappa shape index (κ1) is 15.0. The number of halogens is 1. The van der Waals surface area contributed by atoms with Crippen LogP contribution in [0.25, 0.3) is 0 Å². The average Bonchev–Trinajstić information content (AvgIpc) is 3.08. The number of nitrogens with zero attached hydrogens (tertiary/aromatic N) is 3. The molecule has 1 N–H and O–H groups in total. The summed E-state index contributed by atoms with van der Waals surface area (Å²) in [6.07, 6.45) is 0.388. The third-order valence-electron chi connectivity index (χ3n) is 3.73. The molecule has 7 heteroatoms. The minimum absolute atomic E-state index is 0.112. The molecule has 2 heterocycles. The van der Waals surface area contributed by atoms with E-state index in [-0.39, 0.29) is 11.9 Å². The zero-order valence-electron chi connectivity index (χ0n) is 12.1. The topological polar surface area (TPSA) is 79.5 Å². The van der Waals surface area contributed by atoms with E-state index in [1.54, 1.807) is 4.90 Å². The standard InChI is InChI=1S/C15H16ClN3O3/c1-9(20)19-8-12(21)7-13(19)15-17-14(18-22-15)6-10-2-4-11(16)5-3-10/h2-5,12-13,21H,6-8H2,1H3/t12-,13+/m0/s1. The molecule has 0 spiro atoms. The zero-order chi connectivity index (χ0) is 15.7. The lowest BCUT2D eigenvalue weighted by molar-refractivity contribution is -0.130. The van der Waals surface area contributed by atoms with E-state index in [2.05, 4.69) is 10.1 Å². The highest BCUT2D eigenvalue weighted by Crippen LogP contribution is 2.31. The van der Waals surface area contributed by atoms with Gasteiger partial charge in [0.15, 0.2) is 5.82 Å². The molecule has 1 aliphatic rings. The Labute approximate surface area is 132 Å². The van der Waals surface area contributed by atoms with Gasteiger partial charge in [0.25, 0.3) is 0 Å². The Morgan fingerprint density at radius 3 is 2.86 bits per heavy atom. The van der Waals surface area contributed by atoms with Gasteiger partial charge in [-0.25, -0.2) is 0 Å². The number of rotatable bonds is 3. The molecule has 1 saturated heterocycles. The van der Waals surface area contributed by atoms with E-state index in [9.17, 15) is 9.90 Å². The lowest BCUT2D eigenvalue weighted by Crippen LogP contribution is -2.29. The molecule has 1 aromatic carbocycles. The van der Waals surface area contributed by atoms with Gasteiger partial charge in [-0.3, -0.25) is 4.79 Å². The van der Waals surface area contributed by atoms with Crippen molar-refractivity contribution < 1.29 is 14.4 Å². The lowest BCUT2D eigenvalue weighted by Gasteiger charge is -2.19. The van der Waals surface area contributed by atoms with Crippen LogP contribution in [0.1, 0.15) is 36.7 Å². The van der Waals surface area contributed by atoms with Crippen LogP contribution in [0.2, 0.25) is 5.02 Å². The van der Waals surface area contributed by atoms with Crippen LogP contribution in [0.5, 0.6) is 0 Å². The second kappa shape index (κ2) is 6.06. The zero-order valence-corrected chi connectivity index (χ0v) is 12.8. The van der Waals surface area contributed by atoms with E-state index in [1.807, 2.05) is 24.3 Å². The molecule has 1 aliphatic heterocycles.